The van der Waals surface area contributed by atoms with Crippen molar-refractivity contribution in [2.45, 2.75) is 18.5 Å². The van der Waals surface area contributed by atoms with Crippen LogP contribution in [-0.2, 0) is 0 Å². The minimum atomic E-state index is -0.136. The second-order valence-electron chi connectivity index (χ2n) is 6.15. The van der Waals surface area contributed by atoms with Gasteiger partial charge in [0.25, 0.3) is 5.91 Å². The number of rotatable bonds is 4. The smallest absolute Gasteiger partial charge is 0.253 e. The largest absolute Gasteiger partial charge is 0.348 e. The highest BCUT2D eigenvalue weighted by atomic mass is 16.5. The number of hydrogen-bond donors (Lipinski definition) is 1. The maximum absolute atomic E-state index is 12.3. The summed E-state index contributed by atoms with van der Waals surface area (Å²) < 4.78 is 5.42. The van der Waals surface area contributed by atoms with Gasteiger partial charge in [-0.25, -0.2) is 4.98 Å². The van der Waals surface area contributed by atoms with E-state index in [4.69, 9.17) is 4.52 Å². The molecule has 1 aliphatic rings. The van der Waals surface area contributed by atoms with Gasteiger partial charge in [-0.05, 0) is 25.6 Å². The molecule has 26 heavy (non-hydrogen) atoms. The van der Waals surface area contributed by atoms with E-state index in [-0.39, 0.29) is 18.0 Å². The van der Waals surface area contributed by atoms with Crippen molar-refractivity contribution in [1.82, 2.24) is 35.3 Å². The molecular formula is C17H17N7O2. The molecule has 0 saturated carbocycles. The number of hydrogen-bond acceptors (Lipinski definition) is 8. The minimum Gasteiger partial charge on any atom is -0.348 e. The quantitative estimate of drug-likeness (QED) is 0.744. The van der Waals surface area contributed by atoms with Crippen LogP contribution in [-0.4, -0.2) is 55.5 Å². The zero-order valence-corrected chi connectivity index (χ0v) is 14.1. The average Bonchev–Trinajstić information content (AvgIpc) is 3.30. The van der Waals surface area contributed by atoms with Crippen molar-refractivity contribution in [2.75, 3.05) is 13.6 Å². The molecule has 1 fully saturated rings. The highest BCUT2D eigenvalue weighted by Gasteiger charge is 2.35. The normalized spacial score (nSPS) is 20.2. The van der Waals surface area contributed by atoms with Gasteiger partial charge >= 0.3 is 0 Å². The molecule has 0 spiro atoms. The molecule has 1 saturated heterocycles. The second-order valence-corrected chi connectivity index (χ2v) is 6.15. The number of carbonyl (C=O) groups is 1. The average molecular weight is 351 g/mol. The summed E-state index contributed by atoms with van der Waals surface area (Å²) in [4.78, 5) is 31.0. The van der Waals surface area contributed by atoms with Crippen LogP contribution in [0.15, 0.2) is 47.6 Å². The number of nitrogens with zero attached hydrogens (tertiary/aromatic N) is 6. The number of carbonyl (C=O) groups excluding carboxylic acids is 1. The van der Waals surface area contributed by atoms with Crippen LogP contribution in [0.25, 0.3) is 11.5 Å². The van der Waals surface area contributed by atoms with Crippen LogP contribution >= 0.6 is 0 Å². The Kier molecular flexibility index (Phi) is 4.36. The molecule has 9 nitrogen and oxygen atoms in total. The first-order valence-electron chi connectivity index (χ1n) is 8.22. The maximum Gasteiger partial charge on any atom is 0.253 e. The Hall–Kier alpha value is -3.20. The molecule has 0 bridgehead atoms. The Balaban J connectivity index is 1.44. The van der Waals surface area contributed by atoms with E-state index in [2.05, 4.69) is 35.3 Å². The molecule has 0 aliphatic carbocycles. The van der Waals surface area contributed by atoms with Crippen LogP contribution in [0.1, 0.15) is 28.7 Å². The van der Waals surface area contributed by atoms with E-state index in [1.54, 1.807) is 43.1 Å². The van der Waals surface area contributed by atoms with Crippen LogP contribution in [0.5, 0.6) is 0 Å². The highest BCUT2D eigenvalue weighted by Crippen LogP contribution is 2.30. The van der Waals surface area contributed by atoms with Crippen molar-refractivity contribution >= 4 is 5.91 Å². The number of aromatic nitrogens is 5. The maximum atomic E-state index is 12.3. The summed E-state index contributed by atoms with van der Waals surface area (Å²) in [7, 11) is 1.97. The molecule has 0 aromatic carbocycles. The third-order valence-electron chi connectivity index (χ3n) is 4.33. The van der Waals surface area contributed by atoms with Gasteiger partial charge in [-0.2, -0.15) is 4.98 Å². The number of pyridine rings is 1. The lowest BCUT2D eigenvalue weighted by atomic mass is 10.1. The van der Waals surface area contributed by atoms with Gasteiger partial charge in [0, 0.05) is 37.4 Å². The van der Waals surface area contributed by atoms with Gasteiger partial charge in [0.2, 0.25) is 11.7 Å². The monoisotopic (exact) mass is 351 g/mol. The Morgan fingerprint density at radius 3 is 2.92 bits per heavy atom. The van der Waals surface area contributed by atoms with Crippen LogP contribution in [0.4, 0.5) is 0 Å². The van der Waals surface area contributed by atoms with Crippen molar-refractivity contribution in [2.24, 2.45) is 0 Å². The van der Waals surface area contributed by atoms with Crippen LogP contribution in [0.3, 0.4) is 0 Å². The molecular weight excluding hydrogens is 334 g/mol. The molecule has 132 valence electrons. The van der Waals surface area contributed by atoms with Gasteiger partial charge in [0.1, 0.15) is 5.69 Å². The zero-order valence-electron chi connectivity index (χ0n) is 14.1. The zero-order chi connectivity index (χ0) is 17.9. The van der Waals surface area contributed by atoms with E-state index in [1.807, 2.05) is 7.05 Å². The van der Waals surface area contributed by atoms with Crippen LogP contribution in [0.2, 0.25) is 0 Å². The number of nitrogens with one attached hydrogen (secondary N) is 1. The summed E-state index contributed by atoms with van der Waals surface area (Å²) in [6.07, 6.45) is 8.63. The fraction of sp³-hybridized carbons (Fsp3) is 0.294. The van der Waals surface area contributed by atoms with Crippen LogP contribution < -0.4 is 5.32 Å². The SMILES string of the molecule is CN1C[C@@H](NC(=O)c2cccnc2)C[C@H]1c1nc(-c2cnccn2)no1. The topological polar surface area (TPSA) is 110 Å². The number of amides is 1. The third kappa shape index (κ3) is 3.29. The molecule has 0 unspecified atom stereocenters. The molecule has 1 N–H and O–H groups in total. The van der Waals surface area contributed by atoms with E-state index in [0.717, 1.165) is 0 Å². The lowest BCUT2D eigenvalue weighted by Crippen LogP contribution is -2.36. The third-order valence-corrected chi connectivity index (χ3v) is 4.33. The van der Waals surface area contributed by atoms with Crippen LogP contribution in [0, 0.1) is 0 Å². The van der Waals surface area contributed by atoms with Gasteiger partial charge in [-0.15, -0.1) is 0 Å². The molecule has 2 atom stereocenters. The Morgan fingerprint density at radius 2 is 2.15 bits per heavy atom. The van der Waals surface area contributed by atoms with Gasteiger partial charge < -0.3 is 9.84 Å². The van der Waals surface area contributed by atoms with Gasteiger partial charge in [-0.1, -0.05) is 5.16 Å². The molecule has 4 heterocycles. The highest BCUT2D eigenvalue weighted by molar-refractivity contribution is 5.94. The summed E-state index contributed by atoms with van der Waals surface area (Å²) in [5.41, 5.74) is 1.10. The van der Waals surface area contributed by atoms with Gasteiger partial charge in [0.05, 0.1) is 17.8 Å². The van der Waals surface area contributed by atoms with E-state index in [0.29, 0.717) is 35.9 Å². The Labute approximate surface area is 149 Å². The first kappa shape index (κ1) is 16.3. The summed E-state index contributed by atoms with van der Waals surface area (Å²) in [5.74, 6) is 0.776. The van der Waals surface area contributed by atoms with Crippen molar-refractivity contribution in [1.29, 1.82) is 0 Å². The minimum absolute atomic E-state index is 0.00965. The van der Waals surface area contributed by atoms with E-state index < -0.39 is 0 Å². The lowest BCUT2D eigenvalue weighted by molar-refractivity contribution is 0.0938. The molecule has 4 rings (SSSR count). The fourth-order valence-corrected chi connectivity index (χ4v) is 3.05. The Morgan fingerprint density at radius 1 is 1.27 bits per heavy atom. The van der Waals surface area contributed by atoms with Gasteiger partial charge in [0.15, 0.2) is 0 Å². The molecule has 9 heteroatoms. The summed E-state index contributed by atoms with van der Waals surface area (Å²) in [6.45, 7) is 0.694. The number of likely N-dealkylation sites (tertiary alicyclic amines) is 1. The number of likely N-dealkylation sites (N-methyl/N-ethyl adjacent to an activating group) is 1. The van der Waals surface area contributed by atoms with Crippen molar-refractivity contribution < 1.29 is 9.32 Å². The van der Waals surface area contributed by atoms with E-state index in [9.17, 15) is 4.79 Å². The standard InChI is InChI=1S/C17H17N7O2/c1-24-10-12(21-16(25)11-3-2-4-18-8-11)7-14(24)17-22-15(23-26-17)13-9-19-5-6-20-13/h2-6,8-9,12,14H,7,10H2,1H3,(H,21,25)/t12-,14-/m0/s1. The predicted octanol–water partition coefficient (Wildman–Crippen LogP) is 1.10. The fourth-order valence-electron chi connectivity index (χ4n) is 3.05. The molecule has 3 aromatic rings. The van der Waals surface area contributed by atoms with Gasteiger partial charge in [-0.3, -0.25) is 19.7 Å². The summed E-state index contributed by atoms with van der Waals surface area (Å²) >= 11 is 0. The lowest BCUT2D eigenvalue weighted by Gasteiger charge is -2.14. The first-order chi connectivity index (χ1) is 12.7. The van der Waals surface area contributed by atoms with E-state index in [1.165, 1.54) is 0 Å². The summed E-state index contributed by atoms with van der Waals surface area (Å²) in [5, 5.41) is 7.02. The molecule has 1 amide bonds. The second kappa shape index (κ2) is 6.96. The Bertz CT molecular complexity index is 884. The molecule has 3 aromatic heterocycles. The van der Waals surface area contributed by atoms with Crippen molar-refractivity contribution in [3.8, 4) is 11.5 Å². The van der Waals surface area contributed by atoms with E-state index >= 15 is 0 Å². The first-order valence-corrected chi connectivity index (χ1v) is 8.22. The molecule has 0 radical (unpaired) electrons. The predicted molar refractivity (Wildman–Crippen MR) is 90.8 cm³/mol. The summed E-state index contributed by atoms with van der Waals surface area (Å²) in [6, 6.07) is 3.41. The molecule has 1 aliphatic heterocycles. The van der Waals surface area contributed by atoms with Crippen molar-refractivity contribution in [3.05, 3.63) is 54.6 Å². The van der Waals surface area contributed by atoms with Crippen molar-refractivity contribution in [3.63, 3.8) is 0 Å².